The predicted molar refractivity (Wildman–Crippen MR) is 70.2 cm³/mol. The van der Waals surface area contributed by atoms with Gasteiger partial charge in [0.15, 0.2) is 0 Å². The van der Waals surface area contributed by atoms with Gasteiger partial charge in [0.25, 0.3) is 0 Å². The molecule has 1 atom stereocenters. The molecule has 0 amide bonds. The zero-order chi connectivity index (χ0) is 14.0. The van der Waals surface area contributed by atoms with Gasteiger partial charge < -0.3 is 13.7 Å². The first-order valence-electron chi connectivity index (χ1n) is 6.25. The van der Waals surface area contributed by atoms with Crippen LogP contribution >= 0.6 is 0 Å². The number of furan rings is 1. The summed E-state index contributed by atoms with van der Waals surface area (Å²) in [6.07, 6.45) is 3.69. The molecule has 2 aromatic rings. The van der Waals surface area contributed by atoms with Crippen LogP contribution in [0.5, 0.6) is 0 Å². The third-order valence-electron chi connectivity index (χ3n) is 3.06. The number of nitrogens with zero attached hydrogens (tertiary/aromatic N) is 2. The number of hydrogen-bond acceptors (Lipinski definition) is 4. The predicted octanol–water partition coefficient (Wildman–Crippen LogP) is 3.00. The zero-order valence-electron chi connectivity index (χ0n) is 11.6. The minimum Gasteiger partial charge on any atom is -0.463 e. The highest BCUT2D eigenvalue weighted by Crippen LogP contribution is 2.24. The van der Waals surface area contributed by atoms with Crippen LogP contribution in [0.3, 0.4) is 0 Å². The van der Waals surface area contributed by atoms with Crippen molar-refractivity contribution in [1.29, 1.82) is 0 Å². The standard InChI is InChI=1S/C14H18N2O3/c1-9(2)13-15-7-8-16(13)10(3)11-5-6-12(19-11)14(17)18-4/h5-10H,1-4H3. The van der Waals surface area contributed by atoms with Crippen LogP contribution in [0, 0.1) is 0 Å². The molecule has 19 heavy (non-hydrogen) atoms. The van der Waals surface area contributed by atoms with Crippen LogP contribution in [0.1, 0.15) is 54.9 Å². The topological polar surface area (TPSA) is 57.3 Å². The Morgan fingerprint density at radius 1 is 1.37 bits per heavy atom. The minimum atomic E-state index is -0.465. The van der Waals surface area contributed by atoms with Crippen molar-refractivity contribution in [3.8, 4) is 0 Å². The lowest BCUT2D eigenvalue weighted by molar-refractivity contribution is 0.0562. The number of rotatable bonds is 4. The summed E-state index contributed by atoms with van der Waals surface area (Å²) in [5.41, 5.74) is 0. The number of ether oxygens (including phenoxy) is 1. The van der Waals surface area contributed by atoms with Crippen LogP contribution in [0.25, 0.3) is 0 Å². The summed E-state index contributed by atoms with van der Waals surface area (Å²) in [4.78, 5) is 15.7. The van der Waals surface area contributed by atoms with Crippen molar-refractivity contribution >= 4 is 5.97 Å². The first-order valence-corrected chi connectivity index (χ1v) is 6.25. The van der Waals surface area contributed by atoms with Crippen LogP contribution in [-0.4, -0.2) is 22.6 Å². The number of imidazole rings is 1. The first-order chi connectivity index (χ1) is 9.04. The second-order valence-electron chi connectivity index (χ2n) is 4.72. The van der Waals surface area contributed by atoms with Crippen LogP contribution < -0.4 is 0 Å². The first kappa shape index (κ1) is 13.4. The van der Waals surface area contributed by atoms with E-state index >= 15 is 0 Å². The Kier molecular flexibility index (Phi) is 3.74. The Balaban J connectivity index is 2.28. The Morgan fingerprint density at radius 3 is 2.74 bits per heavy atom. The van der Waals surface area contributed by atoms with Crippen molar-refractivity contribution in [2.75, 3.05) is 7.11 Å². The van der Waals surface area contributed by atoms with Gasteiger partial charge in [-0.3, -0.25) is 0 Å². The molecule has 2 aromatic heterocycles. The lowest BCUT2D eigenvalue weighted by Crippen LogP contribution is -2.10. The zero-order valence-corrected chi connectivity index (χ0v) is 11.6. The molecule has 1 unspecified atom stereocenters. The fourth-order valence-corrected chi connectivity index (χ4v) is 2.02. The Bertz CT molecular complexity index is 569. The number of aromatic nitrogens is 2. The molecular formula is C14H18N2O3. The summed E-state index contributed by atoms with van der Waals surface area (Å²) >= 11 is 0. The molecule has 2 heterocycles. The summed E-state index contributed by atoms with van der Waals surface area (Å²) in [6, 6.07) is 3.41. The van der Waals surface area contributed by atoms with E-state index in [2.05, 4.69) is 23.6 Å². The number of esters is 1. The van der Waals surface area contributed by atoms with E-state index in [1.807, 2.05) is 17.7 Å². The van der Waals surface area contributed by atoms with Crippen molar-refractivity contribution in [3.63, 3.8) is 0 Å². The maximum atomic E-state index is 11.4. The number of hydrogen-bond donors (Lipinski definition) is 0. The van der Waals surface area contributed by atoms with E-state index in [1.165, 1.54) is 7.11 Å². The van der Waals surface area contributed by atoms with E-state index in [4.69, 9.17) is 4.42 Å². The van der Waals surface area contributed by atoms with E-state index in [1.54, 1.807) is 18.3 Å². The largest absolute Gasteiger partial charge is 0.463 e. The third kappa shape index (κ3) is 2.54. The van der Waals surface area contributed by atoms with Gasteiger partial charge in [-0.15, -0.1) is 0 Å². The van der Waals surface area contributed by atoms with Crippen molar-refractivity contribution in [2.24, 2.45) is 0 Å². The highest BCUT2D eigenvalue weighted by molar-refractivity contribution is 5.86. The molecule has 2 rings (SSSR count). The molecule has 5 heteroatoms. The maximum Gasteiger partial charge on any atom is 0.373 e. The van der Waals surface area contributed by atoms with Crippen LogP contribution in [0.15, 0.2) is 28.9 Å². The molecule has 0 aliphatic carbocycles. The SMILES string of the molecule is COC(=O)c1ccc(C(C)n2ccnc2C(C)C)o1. The highest BCUT2D eigenvalue weighted by atomic mass is 16.5. The van der Waals surface area contributed by atoms with Gasteiger partial charge in [-0.25, -0.2) is 9.78 Å². The van der Waals surface area contributed by atoms with E-state index in [-0.39, 0.29) is 11.8 Å². The van der Waals surface area contributed by atoms with E-state index in [0.717, 1.165) is 5.82 Å². The summed E-state index contributed by atoms with van der Waals surface area (Å²) in [5, 5.41) is 0. The van der Waals surface area contributed by atoms with Crippen molar-refractivity contribution in [3.05, 3.63) is 41.9 Å². The van der Waals surface area contributed by atoms with Crippen LogP contribution in [0.4, 0.5) is 0 Å². The second kappa shape index (κ2) is 5.30. The van der Waals surface area contributed by atoms with Gasteiger partial charge in [0, 0.05) is 18.3 Å². The summed E-state index contributed by atoms with van der Waals surface area (Å²) < 4.78 is 12.2. The Labute approximate surface area is 112 Å². The molecule has 0 saturated carbocycles. The van der Waals surface area contributed by atoms with E-state index < -0.39 is 5.97 Å². The molecule has 0 aliphatic heterocycles. The van der Waals surface area contributed by atoms with Gasteiger partial charge in [-0.05, 0) is 19.1 Å². The smallest absolute Gasteiger partial charge is 0.373 e. The minimum absolute atomic E-state index is 0.0155. The fourth-order valence-electron chi connectivity index (χ4n) is 2.02. The van der Waals surface area contributed by atoms with E-state index in [9.17, 15) is 4.79 Å². The molecule has 0 radical (unpaired) electrons. The van der Waals surface area contributed by atoms with Crippen LogP contribution in [0.2, 0.25) is 0 Å². The fraction of sp³-hybridized carbons (Fsp3) is 0.429. The lowest BCUT2D eigenvalue weighted by atomic mass is 10.2. The Morgan fingerprint density at radius 2 is 2.11 bits per heavy atom. The molecule has 0 aliphatic rings. The van der Waals surface area contributed by atoms with E-state index in [0.29, 0.717) is 11.7 Å². The normalized spacial score (nSPS) is 12.7. The molecule has 0 spiro atoms. The van der Waals surface area contributed by atoms with Gasteiger partial charge in [-0.2, -0.15) is 0 Å². The molecule has 0 saturated heterocycles. The molecule has 102 valence electrons. The van der Waals surface area contributed by atoms with Gasteiger partial charge in [-0.1, -0.05) is 13.8 Å². The maximum absolute atomic E-state index is 11.4. The Hall–Kier alpha value is -2.04. The summed E-state index contributed by atoms with van der Waals surface area (Å²) in [7, 11) is 1.33. The van der Waals surface area contributed by atoms with Crippen molar-refractivity contribution in [1.82, 2.24) is 9.55 Å². The van der Waals surface area contributed by atoms with Gasteiger partial charge in [0.2, 0.25) is 5.76 Å². The second-order valence-corrected chi connectivity index (χ2v) is 4.72. The summed E-state index contributed by atoms with van der Waals surface area (Å²) in [6.45, 7) is 6.19. The molecule has 0 N–H and O–H groups in total. The molecule has 5 nitrogen and oxygen atoms in total. The molecule has 0 bridgehead atoms. The number of carbonyl (C=O) groups excluding carboxylic acids is 1. The molecule has 0 aromatic carbocycles. The van der Waals surface area contributed by atoms with Gasteiger partial charge in [0.1, 0.15) is 11.6 Å². The van der Waals surface area contributed by atoms with Crippen molar-refractivity contribution < 1.29 is 13.9 Å². The summed E-state index contributed by atoms with van der Waals surface area (Å²) in [5.74, 6) is 1.78. The average molecular weight is 262 g/mol. The molecular weight excluding hydrogens is 244 g/mol. The van der Waals surface area contributed by atoms with Crippen molar-refractivity contribution in [2.45, 2.75) is 32.7 Å². The van der Waals surface area contributed by atoms with Gasteiger partial charge >= 0.3 is 5.97 Å². The highest BCUT2D eigenvalue weighted by Gasteiger charge is 2.19. The van der Waals surface area contributed by atoms with Gasteiger partial charge in [0.05, 0.1) is 13.2 Å². The monoisotopic (exact) mass is 262 g/mol. The number of carbonyl (C=O) groups is 1. The molecule has 0 fully saturated rings. The van der Waals surface area contributed by atoms with Crippen LogP contribution in [-0.2, 0) is 4.74 Å². The average Bonchev–Trinajstić information content (AvgIpc) is 3.05. The lowest BCUT2D eigenvalue weighted by Gasteiger charge is -2.16. The third-order valence-corrected chi connectivity index (χ3v) is 3.06. The quantitative estimate of drug-likeness (QED) is 0.795. The number of methoxy groups -OCH3 is 1.